The average Bonchev–Trinajstić information content (AvgIpc) is 3.52. The molecule has 38 heavy (non-hydrogen) atoms. The van der Waals surface area contributed by atoms with E-state index in [1.54, 1.807) is 19.1 Å². The van der Waals surface area contributed by atoms with Crippen molar-refractivity contribution in [3.8, 4) is 0 Å². The number of aliphatic imine (C=N–C) groups is 2. The number of hydrogen-bond acceptors (Lipinski definition) is 7. The van der Waals surface area contributed by atoms with Gasteiger partial charge in [0.15, 0.2) is 17.6 Å². The van der Waals surface area contributed by atoms with Crippen molar-refractivity contribution < 1.29 is 18.4 Å². The monoisotopic (exact) mass is 520 g/mol. The zero-order chi connectivity index (χ0) is 26.8. The first kappa shape index (κ1) is 25.8. The summed E-state index contributed by atoms with van der Waals surface area (Å²) < 4.78 is 20.0. The van der Waals surface area contributed by atoms with Crippen molar-refractivity contribution >= 4 is 40.5 Å². The number of amidine groups is 1. The first-order valence-corrected chi connectivity index (χ1v) is 13.3. The van der Waals surface area contributed by atoms with Gasteiger partial charge in [-0.1, -0.05) is 19.1 Å². The first-order chi connectivity index (χ1) is 18.3. The van der Waals surface area contributed by atoms with Crippen LogP contribution in [-0.2, 0) is 9.59 Å². The summed E-state index contributed by atoms with van der Waals surface area (Å²) in [6, 6.07) is 4.44. The summed E-state index contributed by atoms with van der Waals surface area (Å²) in [5.74, 6) is -0.198. The number of carbonyl (C=O) groups is 2. The molecule has 2 aromatic rings. The zero-order valence-corrected chi connectivity index (χ0v) is 21.9. The molecule has 1 aliphatic carbocycles. The lowest BCUT2D eigenvalue weighted by molar-refractivity contribution is -0.137. The van der Waals surface area contributed by atoms with Crippen molar-refractivity contribution in [1.29, 1.82) is 0 Å². The summed E-state index contributed by atoms with van der Waals surface area (Å²) in [6.07, 6.45) is 7.20. The van der Waals surface area contributed by atoms with Crippen molar-refractivity contribution in [3.05, 3.63) is 47.7 Å². The molecule has 0 saturated carbocycles. The van der Waals surface area contributed by atoms with Crippen LogP contribution in [0.5, 0.6) is 0 Å². The number of allylic oxidation sites excluding steroid dienone is 4. The minimum absolute atomic E-state index is 0.0601. The largest absolute Gasteiger partial charge is 0.424 e. The summed E-state index contributed by atoms with van der Waals surface area (Å²) in [5.41, 5.74) is 2.98. The average molecular weight is 521 g/mol. The van der Waals surface area contributed by atoms with Gasteiger partial charge >= 0.3 is 0 Å². The molecule has 0 radical (unpaired) electrons. The van der Waals surface area contributed by atoms with E-state index >= 15 is 0 Å². The number of carbonyl (C=O) groups excluding carboxylic acids is 2. The molecule has 0 bridgehead atoms. The van der Waals surface area contributed by atoms with Gasteiger partial charge in [-0.15, -0.1) is 0 Å². The third-order valence-electron chi connectivity index (χ3n) is 7.23. The summed E-state index contributed by atoms with van der Waals surface area (Å²) in [4.78, 5) is 42.0. The molecule has 1 saturated heterocycles. The third kappa shape index (κ3) is 5.39. The molecule has 2 aliphatic heterocycles. The maximum Gasteiger partial charge on any atom is 0.296 e. The number of alkyl halides is 1. The topological polar surface area (TPSA) is 112 Å². The number of amides is 2. The highest BCUT2D eigenvalue weighted by Crippen LogP contribution is 2.24. The molecule has 1 aromatic carbocycles. The van der Waals surface area contributed by atoms with E-state index in [4.69, 9.17) is 4.42 Å². The number of halogens is 1. The number of fused-ring (bicyclic) bond motifs is 2. The van der Waals surface area contributed by atoms with E-state index in [2.05, 4.69) is 32.5 Å². The van der Waals surface area contributed by atoms with E-state index in [9.17, 15) is 14.0 Å². The maximum atomic E-state index is 14.2. The maximum absolute atomic E-state index is 14.2. The Bertz CT molecular complexity index is 1360. The SMILES string of the molecule is CC[C@H]1CCCCN1C(=O)C[C@H](Nc1nc2cc(C)ccc2o1)C(=O)N[C@@H](C)C1=NC2=CC=CC(F)C2=N1. The number of benzene rings is 1. The number of nitrogens with zero attached hydrogens (tertiary/aromatic N) is 4. The Morgan fingerprint density at radius 3 is 2.89 bits per heavy atom. The molecule has 2 N–H and O–H groups in total. The molecule has 2 amide bonds. The van der Waals surface area contributed by atoms with Gasteiger partial charge < -0.3 is 20.0 Å². The van der Waals surface area contributed by atoms with Gasteiger partial charge in [0.05, 0.1) is 18.2 Å². The molecule has 3 aliphatic rings. The highest BCUT2D eigenvalue weighted by Gasteiger charge is 2.33. The van der Waals surface area contributed by atoms with E-state index in [0.717, 1.165) is 31.2 Å². The van der Waals surface area contributed by atoms with E-state index in [1.807, 2.05) is 30.0 Å². The molecule has 3 heterocycles. The fraction of sp³-hybridized carbons (Fsp3) is 0.464. The Kier molecular flexibility index (Phi) is 7.40. The predicted molar refractivity (Wildman–Crippen MR) is 145 cm³/mol. The van der Waals surface area contributed by atoms with Crippen LogP contribution in [0, 0.1) is 6.92 Å². The van der Waals surface area contributed by atoms with Crippen molar-refractivity contribution in [2.75, 3.05) is 11.9 Å². The van der Waals surface area contributed by atoms with Crippen LogP contribution in [0.2, 0.25) is 0 Å². The van der Waals surface area contributed by atoms with E-state index < -0.39 is 24.2 Å². The van der Waals surface area contributed by atoms with Gasteiger partial charge in [0.25, 0.3) is 6.01 Å². The third-order valence-corrected chi connectivity index (χ3v) is 7.23. The van der Waals surface area contributed by atoms with Crippen LogP contribution in [0.25, 0.3) is 11.1 Å². The van der Waals surface area contributed by atoms with Crippen LogP contribution < -0.4 is 10.6 Å². The van der Waals surface area contributed by atoms with Crippen molar-refractivity contribution in [1.82, 2.24) is 15.2 Å². The van der Waals surface area contributed by atoms with E-state index in [0.29, 0.717) is 29.2 Å². The molecule has 4 atom stereocenters. The molecule has 1 aromatic heterocycles. The molecule has 1 fully saturated rings. The van der Waals surface area contributed by atoms with Crippen LogP contribution in [0.4, 0.5) is 10.4 Å². The van der Waals surface area contributed by atoms with Gasteiger partial charge in [0, 0.05) is 12.6 Å². The minimum Gasteiger partial charge on any atom is -0.424 e. The van der Waals surface area contributed by atoms with Crippen molar-refractivity contribution in [3.63, 3.8) is 0 Å². The summed E-state index contributed by atoms with van der Waals surface area (Å²) in [5, 5.41) is 5.94. The van der Waals surface area contributed by atoms with Crippen molar-refractivity contribution in [2.24, 2.45) is 9.98 Å². The standard InChI is InChI=1S/C28H33FN6O3/c1-4-18-8-5-6-13-35(18)24(36)15-22(33-28-32-21-14-16(2)11-12-23(21)38-28)27(37)30-17(3)26-31-20-10-7-9-19(29)25(20)34-26/h7,9-12,14,17-19,22H,4-6,8,13,15H2,1-3H3,(H,30,37)(H,32,33)/t17-,18-,19?,22-/m0/s1. The molecule has 9 nitrogen and oxygen atoms in total. The van der Waals surface area contributed by atoms with Gasteiger partial charge in [-0.3, -0.25) is 9.59 Å². The highest BCUT2D eigenvalue weighted by molar-refractivity contribution is 6.17. The minimum atomic E-state index is -1.33. The number of nitrogens with one attached hydrogen (secondary N) is 2. The fourth-order valence-electron chi connectivity index (χ4n) is 5.12. The molecule has 10 heteroatoms. The number of anilines is 1. The Morgan fingerprint density at radius 1 is 1.26 bits per heavy atom. The van der Waals surface area contributed by atoms with Crippen LogP contribution in [0.15, 0.2) is 56.5 Å². The van der Waals surface area contributed by atoms with Crippen LogP contribution in [-0.4, -0.2) is 64.1 Å². The zero-order valence-electron chi connectivity index (χ0n) is 21.9. The van der Waals surface area contributed by atoms with Crippen LogP contribution in [0.1, 0.15) is 51.5 Å². The van der Waals surface area contributed by atoms with Gasteiger partial charge in [0.1, 0.15) is 17.3 Å². The predicted octanol–water partition coefficient (Wildman–Crippen LogP) is 4.25. The van der Waals surface area contributed by atoms with Crippen molar-refractivity contribution in [2.45, 2.75) is 77.2 Å². The molecule has 0 spiro atoms. The number of piperidine rings is 1. The lowest BCUT2D eigenvalue weighted by atomic mass is 9.99. The Hall–Kier alpha value is -3.82. The number of oxazole rings is 1. The number of aryl methyl sites for hydroxylation is 1. The smallest absolute Gasteiger partial charge is 0.296 e. The Morgan fingerprint density at radius 2 is 2.11 bits per heavy atom. The molecule has 5 rings (SSSR count). The Labute approximate surface area is 221 Å². The second-order valence-electron chi connectivity index (χ2n) is 10.1. The summed E-state index contributed by atoms with van der Waals surface area (Å²) >= 11 is 0. The Balaban J connectivity index is 1.35. The van der Waals surface area contributed by atoms with Crippen LogP contribution >= 0.6 is 0 Å². The summed E-state index contributed by atoms with van der Waals surface area (Å²) in [6.45, 7) is 6.46. The van der Waals surface area contributed by atoms with Gasteiger partial charge in [0.2, 0.25) is 11.8 Å². The second kappa shape index (κ2) is 10.9. The van der Waals surface area contributed by atoms with E-state index in [1.165, 1.54) is 6.08 Å². The highest BCUT2D eigenvalue weighted by atomic mass is 19.1. The number of hydrogen-bond donors (Lipinski definition) is 2. The fourth-order valence-corrected chi connectivity index (χ4v) is 5.12. The second-order valence-corrected chi connectivity index (χ2v) is 10.1. The first-order valence-electron chi connectivity index (χ1n) is 13.3. The molecular formula is C28H33FN6O3. The lowest BCUT2D eigenvalue weighted by Crippen LogP contribution is -2.50. The van der Waals surface area contributed by atoms with E-state index in [-0.39, 0.29) is 30.1 Å². The molecular weight excluding hydrogens is 487 g/mol. The number of aromatic nitrogens is 1. The normalized spacial score (nSPS) is 22.3. The van der Waals surface area contributed by atoms with Gasteiger partial charge in [-0.05, 0) is 69.4 Å². The molecule has 1 unspecified atom stereocenters. The summed E-state index contributed by atoms with van der Waals surface area (Å²) in [7, 11) is 0. The molecule has 200 valence electrons. The lowest BCUT2D eigenvalue weighted by Gasteiger charge is -2.36. The quantitative estimate of drug-likeness (QED) is 0.541. The number of likely N-dealkylation sites (tertiary alicyclic amines) is 1. The van der Waals surface area contributed by atoms with Crippen LogP contribution in [0.3, 0.4) is 0 Å². The van der Waals surface area contributed by atoms with Gasteiger partial charge in [-0.2, -0.15) is 4.98 Å². The number of rotatable bonds is 8. The van der Waals surface area contributed by atoms with Gasteiger partial charge in [-0.25, -0.2) is 14.4 Å².